The van der Waals surface area contributed by atoms with Gasteiger partial charge in [-0.25, -0.2) is 14.2 Å². The average molecular weight is 448 g/mol. The van der Waals surface area contributed by atoms with Crippen LogP contribution in [0.2, 0.25) is 0 Å². The monoisotopic (exact) mass is 447 g/mol. The maximum atomic E-state index is 13.4. The van der Waals surface area contributed by atoms with E-state index in [1.807, 2.05) is 19.9 Å². The van der Waals surface area contributed by atoms with Crippen LogP contribution >= 0.6 is 15.9 Å². The minimum atomic E-state index is -0.598. The van der Waals surface area contributed by atoms with E-state index in [-0.39, 0.29) is 11.6 Å². The zero-order valence-electron chi connectivity index (χ0n) is 15.5. The fraction of sp³-hybridized carbons (Fsp3) is 0.238. The lowest BCUT2D eigenvalue weighted by Crippen LogP contribution is -2.05. The summed E-state index contributed by atoms with van der Waals surface area (Å²) in [7, 11) is 0. The van der Waals surface area contributed by atoms with Gasteiger partial charge in [0, 0.05) is 5.56 Å². The van der Waals surface area contributed by atoms with Crippen molar-refractivity contribution in [3.8, 4) is 11.5 Å². The van der Waals surface area contributed by atoms with E-state index in [0.717, 1.165) is 6.42 Å². The number of aliphatic imine (C=N–C) groups is 1. The molecule has 1 heterocycles. The van der Waals surface area contributed by atoms with E-state index in [4.69, 9.17) is 14.2 Å². The van der Waals surface area contributed by atoms with Crippen LogP contribution in [0.5, 0.6) is 11.5 Å². The first kappa shape index (κ1) is 20.1. The molecule has 3 rings (SSSR count). The Bertz CT molecular complexity index is 955. The Morgan fingerprint density at radius 2 is 2.04 bits per heavy atom. The van der Waals surface area contributed by atoms with Crippen LogP contribution < -0.4 is 9.47 Å². The summed E-state index contributed by atoms with van der Waals surface area (Å²) in [5.74, 6) is 0.228. The number of esters is 1. The Morgan fingerprint density at radius 1 is 1.21 bits per heavy atom. The quantitative estimate of drug-likeness (QED) is 0.436. The standard InChI is InChI=1S/C21H19BrFNO4/c1-3-8-27-19-16(22)9-13(11-18(19)26-4-2)10-17-21(25)28-20(24-17)14-6-5-7-15(23)12-14/h5-7,9-12H,3-4,8H2,1-2H3/b17-10-. The number of halogens is 2. The molecule has 1 aliphatic heterocycles. The molecule has 2 aromatic rings. The molecular weight excluding hydrogens is 429 g/mol. The third kappa shape index (κ3) is 4.59. The molecule has 0 aromatic heterocycles. The molecule has 0 fully saturated rings. The first-order chi connectivity index (χ1) is 13.5. The van der Waals surface area contributed by atoms with Crippen molar-refractivity contribution in [3.63, 3.8) is 0 Å². The highest BCUT2D eigenvalue weighted by Gasteiger charge is 2.24. The fourth-order valence-corrected chi connectivity index (χ4v) is 3.16. The highest BCUT2D eigenvalue weighted by Crippen LogP contribution is 2.38. The summed E-state index contributed by atoms with van der Waals surface area (Å²) in [4.78, 5) is 16.4. The zero-order valence-corrected chi connectivity index (χ0v) is 17.1. The summed E-state index contributed by atoms with van der Waals surface area (Å²) in [5.41, 5.74) is 1.21. The van der Waals surface area contributed by atoms with Gasteiger partial charge in [-0.2, -0.15) is 0 Å². The minimum Gasteiger partial charge on any atom is -0.490 e. The van der Waals surface area contributed by atoms with E-state index in [2.05, 4.69) is 20.9 Å². The lowest BCUT2D eigenvalue weighted by Gasteiger charge is -2.14. The van der Waals surface area contributed by atoms with Crippen molar-refractivity contribution in [1.82, 2.24) is 0 Å². The zero-order chi connectivity index (χ0) is 20.1. The number of nitrogens with zero attached hydrogens (tertiary/aromatic N) is 1. The third-order valence-electron chi connectivity index (χ3n) is 3.78. The van der Waals surface area contributed by atoms with Gasteiger partial charge in [0.15, 0.2) is 17.2 Å². The van der Waals surface area contributed by atoms with Gasteiger partial charge in [0.2, 0.25) is 5.90 Å². The van der Waals surface area contributed by atoms with Crippen molar-refractivity contribution in [2.75, 3.05) is 13.2 Å². The molecule has 0 unspecified atom stereocenters. The molecule has 5 nitrogen and oxygen atoms in total. The van der Waals surface area contributed by atoms with Gasteiger partial charge in [-0.3, -0.25) is 0 Å². The van der Waals surface area contributed by atoms with Crippen LogP contribution in [0.25, 0.3) is 6.08 Å². The van der Waals surface area contributed by atoms with Crippen molar-refractivity contribution in [2.24, 2.45) is 4.99 Å². The molecule has 28 heavy (non-hydrogen) atoms. The van der Waals surface area contributed by atoms with Crippen molar-refractivity contribution in [1.29, 1.82) is 0 Å². The van der Waals surface area contributed by atoms with Gasteiger partial charge in [0.1, 0.15) is 5.82 Å². The molecule has 0 atom stereocenters. The largest absolute Gasteiger partial charge is 0.490 e. The lowest BCUT2D eigenvalue weighted by molar-refractivity contribution is -0.129. The Morgan fingerprint density at radius 3 is 2.75 bits per heavy atom. The van der Waals surface area contributed by atoms with Crippen molar-refractivity contribution in [2.45, 2.75) is 20.3 Å². The summed E-state index contributed by atoms with van der Waals surface area (Å²) in [6.45, 7) is 4.94. The summed E-state index contributed by atoms with van der Waals surface area (Å²) in [5, 5.41) is 0. The predicted molar refractivity (Wildman–Crippen MR) is 108 cm³/mol. The van der Waals surface area contributed by atoms with E-state index in [9.17, 15) is 9.18 Å². The number of cyclic esters (lactones) is 1. The highest BCUT2D eigenvalue weighted by atomic mass is 79.9. The summed E-state index contributed by atoms with van der Waals surface area (Å²) < 4.78 is 30.7. The molecule has 0 saturated heterocycles. The minimum absolute atomic E-state index is 0.0720. The highest BCUT2D eigenvalue weighted by molar-refractivity contribution is 9.10. The van der Waals surface area contributed by atoms with Crippen LogP contribution in [0.1, 0.15) is 31.4 Å². The van der Waals surface area contributed by atoms with Crippen LogP contribution in [0.4, 0.5) is 4.39 Å². The number of carbonyl (C=O) groups is 1. The van der Waals surface area contributed by atoms with Gasteiger partial charge in [-0.15, -0.1) is 0 Å². The summed E-state index contributed by atoms with van der Waals surface area (Å²) >= 11 is 3.49. The predicted octanol–water partition coefficient (Wildman–Crippen LogP) is 5.12. The SMILES string of the molecule is CCCOc1c(Br)cc(/C=C2\N=C(c3cccc(F)c3)OC2=O)cc1OCC. The van der Waals surface area contributed by atoms with Crippen LogP contribution in [0, 0.1) is 5.82 Å². The number of rotatable bonds is 7. The topological polar surface area (TPSA) is 57.1 Å². The first-order valence-corrected chi connectivity index (χ1v) is 9.68. The second-order valence-corrected chi connectivity index (χ2v) is 6.81. The molecule has 0 radical (unpaired) electrons. The van der Waals surface area contributed by atoms with Gasteiger partial charge in [0.25, 0.3) is 0 Å². The van der Waals surface area contributed by atoms with E-state index < -0.39 is 11.8 Å². The Labute approximate surface area is 171 Å². The van der Waals surface area contributed by atoms with E-state index in [0.29, 0.717) is 40.3 Å². The van der Waals surface area contributed by atoms with Crippen LogP contribution in [-0.2, 0) is 9.53 Å². The van der Waals surface area contributed by atoms with E-state index >= 15 is 0 Å². The van der Waals surface area contributed by atoms with Crippen molar-refractivity contribution in [3.05, 3.63) is 63.5 Å². The Hall–Kier alpha value is -2.67. The Kier molecular flexibility index (Phi) is 6.46. The van der Waals surface area contributed by atoms with Crippen molar-refractivity contribution < 1.29 is 23.4 Å². The lowest BCUT2D eigenvalue weighted by atomic mass is 10.1. The molecule has 146 valence electrons. The number of benzene rings is 2. The second-order valence-electron chi connectivity index (χ2n) is 5.96. The van der Waals surface area contributed by atoms with E-state index in [1.165, 1.54) is 18.2 Å². The molecule has 0 amide bonds. The molecule has 1 aliphatic rings. The molecule has 0 saturated carbocycles. The third-order valence-corrected chi connectivity index (χ3v) is 4.37. The molecule has 0 spiro atoms. The Balaban J connectivity index is 1.94. The van der Waals surface area contributed by atoms with Gasteiger partial charge in [0.05, 0.1) is 17.7 Å². The van der Waals surface area contributed by atoms with Gasteiger partial charge in [-0.1, -0.05) is 13.0 Å². The maximum Gasteiger partial charge on any atom is 0.363 e. The van der Waals surface area contributed by atoms with Crippen molar-refractivity contribution >= 4 is 33.9 Å². The molecule has 0 bridgehead atoms. The van der Waals surface area contributed by atoms with Gasteiger partial charge >= 0.3 is 5.97 Å². The van der Waals surface area contributed by atoms with Crippen LogP contribution in [-0.4, -0.2) is 25.1 Å². The molecule has 0 N–H and O–H groups in total. The average Bonchev–Trinajstić information content (AvgIpc) is 3.02. The summed E-state index contributed by atoms with van der Waals surface area (Å²) in [6.07, 6.45) is 2.46. The van der Waals surface area contributed by atoms with Gasteiger partial charge < -0.3 is 14.2 Å². The fourth-order valence-electron chi connectivity index (χ4n) is 2.59. The second kappa shape index (κ2) is 9.01. The molecule has 2 aromatic carbocycles. The van der Waals surface area contributed by atoms with Crippen LogP contribution in [0.15, 0.2) is 51.6 Å². The number of carbonyl (C=O) groups excluding carboxylic acids is 1. The maximum absolute atomic E-state index is 13.4. The smallest absolute Gasteiger partial charge is 0.363 e. The molecular formula is C21H19BrFNO4. The normalized spacial score (nSPS) is 14.8. The van der Waals surface area contributed by atoms with E-state index in [1.54, 1.807) is 18.2 Å². The van der Waals surface area contributed by atoms with Gasteiger partial charge in [-0.05, 0) is 71.2 Å². The molecule has 7 heteroatoms. The van der Waals surface area contributed by atoms with Crippen LogP contribution in [0.3, 0.4) is 0 Å². The molecule has 0 aliphatic carbocycles. The number of hydrogen-bond acceptors (Lipinski definition) is 5. The number of ether oxygens (including phenoxy) is 3. The first-order valence-electron chi connectivity index (χ1n) is 8.89. The summed E-state index contributed by atoms with van der Waals surface area (Å²) in [6, 6.07) is 9.31. The number of hydrogen-bond donors (Lipinski definition) is 0.